The minimum atomic E-state index is -4.53. The highest BCUT2D eigenvalue weighted by Crippen LogP contribution is 2.32. The highest BCUT2D eigenvalue weighted by Gasteiger charge is 2.33. The van der Waals surface area contributed by atoms with Gasteiger partial charge in [0.1, 0.15) is 0 Å². The number of hydrogen-bond acceptors (Lipinski definition) is 1. The van der Waals surface area contributed by atoms with Crippen molar-refractivity contribution in [3.63, 3.8) is 0 Å². The molecule has 1 heterocycles. The third-order valence-electron chi connectivity index (χ3n) is 1.18. The van der Waals surface area contributed by atoms with E-state index in [1.807, 2.05) is 4.98 Å². The SMILES string of the molecule is O=c1cc(Cl)c(C(F)(F)F)c[nH]1. The summed E-state index contributed by atoms with van der Waals surface area (Å²) in [5.41, 5.74) is -1.70. The van der Waals surface area contributed by atoms with Gasteiger partial charge in [-0.3, -0.25) is 4.79 Å². The van der Waals surface area contributed by atoms with Crippen LogP contribution in [-0.2, 0) is 6.18 Å². The second kappa shape index (κ2) is 2.82. The molecule has 6 heteroatoms. The van der Waals surface area contributed by atoms with Crippen LogP contribution in [0.4, 0.5) is 13.2 Å². The predicted molar refractivity (Wildman–Crippen MR) is 37.1 cm³/mol. The summed E-state index contributed by atoms with van der Waals surface area (Å²) in [6.07, 6.45) is -3.98. The first-order chi connectivity index (χ1) is 5.41. The lowest BCUT2D eigenvalue weighted by molar-refractivity contribution is -0.137. The summed E-state index contributed by atoms with van der Waals surface area (Å²) in [6, 6.07) is 0.685. The van der Waals surface area contributed by atoms with Gasteiger partial charge in [0.2, 0.25) is 5.56 Å². The van der Waals surface area contributed by atoms with Crippen LogP contribution >= 0.6 is 11.6 Å². The molecule has 0 bridgehead atoms. The van der Waals surface area contributed by atoms with Crippen molar-refractivity contribution in [2.24, 2.45) is 0 Å². The molecular weight excluding hydrogens is 195 g/mol. The first-order valence-corrected chi connectivity index (χ1v) is 3.24. The Bertz CT molecular complexity index is 343. The van der Waals surface area contributed by atoms with Gasteiger partial charge in [0.05, 0.1) is 10.6 Å². The van der Waals surface area contributed by atoms with Crippen molar-refractivity contribution in [3.8, 4) is 0 Å². The van der Waals surface area contributed by atoms with Crippen LogP contribution in [0.15, 0.2) is 17.1 Å². The molecule has 0 spiro atoms. The molecule has 1 rings (SSSR count). The highest BCUT2D eigenvalue weighted by molar-refractivity contribution is 6.31. The third-order valence-corrected chi connectivity index (χ3v) is 1.49. The molecule has 12 heavy (non-hydrogen) atoms. The molecule has 0 aliphatic carbocycles. The average Bonchev–Trinajstić information content (AvgIpc) is 1.83. The fraction of sp³-hybridized carbons (Fsp3) is 0.167. The Morgan fingerprint density at radius 1 is 1.42 bits per heavy atom. The molecular formula is C6H3ClF3NO. The van der Waals surface area contributed by atoms with E-state index in [1.54, 1.807) is 0 Å². The van der Waals surface area contributed by atoms with E-state index in [4.69, 9.17) is 11.6 Å². The maximum atomic E-state index is 12.0. The number of hydrogen-bond donors (Lipinski definition) is 1. The van der Waals surface area contributed by atoms with Gasteiger partial charge in [-0.05, 0) is 0 Å². The van der Waals surface area contributed by atoms with Crippen molar-refractivity contribution in [2.45, 2.75) is 6.18 Å². The van der Waals surface area contributed by atoms with Gasteiger partial charge in [-0.1, -0.05) is 11.6 Å². The number of nitrogens with one attached hydrogen (secondary N) is 1. The first kappa shape index (κ1) is 9.12. The predicted octanol–water partition coefficient (Wildman–Crippen LogP) is 2.05. The van der Waals surface area contributed by atoms with Crippen molar-refractivity contribution < 1.29 is 13.2 Å². The molecule has 1 N–H and O–H groups in total. The van der Waals surface area contributed by atoms with Crippen LogP contribution in [0.3, 0.4) is 0 Å². The summed E-state index contributed by atoms with van der Waals surface area (Å²) in [6.45, 7) is 0. The number of aromatic amines is 1. The van der Waals surface area contributed by atoms with Gasteiger partial charge in [-0.25, -0.2) is 0 Å². The Labute approximate surface area is 70.0 Å². The summed E-state index contributed by atoms with van der Waals surface area (Å²) < 4.78 is 35.9. The zero-order valence-electron chi connectivity index (χ0n) is 5.57. The Hall–Kier alpha value is -0.970. The van der Waals surface area contributed by atoms with Gasteiger partial charge < -0.3 is 4.98 Å². The van der Waals surface area contributed by atoms with Gasteiger partial charge in [-0.15, -0.1) is 0 Å². The van der Waals surface area contributed by atoms with Gasteiger partial charge in [-0.2, -0.15) is 13.2 Å². The van der Waals surface area contributed by atoms with Crippen LogP contribution < -0.4 is 5.56 Å². The topological polar surface area (TPSA) is 32.9 Å². The Kier molecular flexibility index (Phi) is 2.14. The largest absolute Gasteiger partial charge is 0.419 e. The monoisotopic (exact) mass is 197 g/mol. The molecule has 1 aromatic rings. The lowest BCUT2D eigenvalue weighted by Gasteiger charge is -2.06. The molecule has 0 saturated heterocycles. The van der Waals surface area contributed by atoms with Gasteiger partial charge in [0.25, 0.3) is 0 Å². The standard InChI is InChI=1S/C6H3ClF3NO/c7-4-1-5(12)11-2-3(4)6(8,9)10/h1-2H,(H,11,12). The summed E-state index contributed by atoms with van der Waals surface area (Å²) in [7, 11) is 0. The van der Waals surface area contributed by atoms with E-state index in [9.17, 15) is 18.0 Å². The summed E-state index contributed by atoms with van der Waals surface area (Å²) >= 11 is 5.17. The number of H-pyrrole nitrogens is 1. The van der Waals surface area contributed by atoms with Crippen molar-refractivity contribution in [1.29, 1.82) is 0 Å². The zero-order chi connectivity index (χ0) is 9.35. The summed E-state index contributed by atoms with van der Waals surface area (Å²) in [5.74, 6) is 0. The lowest BCUT2D eigenvalue weighted by atomic mass is 10.3. The minimum Gasteiger partial charge on any atom is -0.328 e. The molecule has 1 aromatic heterocycles. The lowest BCUT2D eigenvalue weighted by Crippen LogP contribution is -2.11. The molecule has 0 unspecified atom stereocenters. The maximum Gasteiger partial charge on any atom is 0.419 e. The number of rotatable bonds is 0. The van der Waals surface area contributed by atoms with Crippen molar-refractivity contribution in [1.82, 2.24) is 4.98 Å². The van der Waals surface area contributed by atoms with Crippen molar-refractivity contribution >= 4 is 11.6 Å². The Balaban J connectivity index is 3.28. The Morgan fingerprint density at radius 3 is 2.42 bits per heavy atom. The van der Waals surface area contributed by atoms with E-state index in [-0.39, 0.29) is 0 Å². The second-order valence-electron chi connectivity index (χ2n) is 2.06. The van der Waals surface area contributed by atoms with Crippen molar-refractivity contribution in [3.05, 3.63) is 33.2 Å². The quantitative estimate of drug-likeness (QED) is 0.678. The highest BCUT2D eigenvalue weighted by atomic mass is 35.5. The first-order valence-electron chi connectivity index (χ1n) is 2.86. The van der Waals surface area contributed by atoms with E-state index in [0.717, 1.165) is 0 Å². The normalized spacial score (nSPS) is 11.7. The van der Waals surface area contributed by atoms with Gasteiger partial charge >= 0.3 is 6.18 Å². The van der Waals surface area contributed by atoms with Gasteiger partial charge in [0, 0.05) is 12.3 Å². The molecule has 0 radical (unpaired) electrons. The molecule has 2 nitrogen and oxygen atoms in total. The fourth-order valence-corrected chi connectivity index (χ4v) is 0.925. The fourth-order valence-electron chi connectivity index (χ4n) is 0.664. The van der Waals surface area contributed by atoms with Crippen LogP contribution in [0.5, 0.6) is 0 Å². The number of alkyl halides is 3. The zero-order valence-corrected chi connectivity index (χ0v) is 6.33. The minimum absolute atomic E-state index is 0.546. The molecule has 0 atom stereocenters. The van der Waals surface area contributed by atoms with Crippen LogP contribution in [0.25, 0.3) is 0 Å². The molecule has 66 valence electrons. The number of aromatic nitrogens is 1. The van der Waals surface area contributed by atoms with Crippen LogP contribution in [0, 0.1) is 0 Å². The van der Waals surface area contributed by atoms with Crippen LogP contribution in [-0.4, -0.2) is 4.98 Å². The smallest absolute Gasteiger partial charge is 0.328 e. The van der Waals surface area contributed by atoms with Gasteiger partial charge in [0.15, 0.2) is 0 Å². The van der Waals surface area contributed by atoms with E-state index < -0.39 is 22.3 Å². The average molecular weight is 198 g/mol. The molecule has 0 aliphatic heterocycles. The van der Waals surface area contributed by atoms with Crippen molar-refractivity contribution in [2.75, 3.05) is 0 Å². The number of pyridine rings is 1. The third kappa shape index (κ3) is 1.79. The molecule has 0 saturated carbocycles. The van der Waals surface area contributed by atoms with E-state index >= 15 is 0 Å². The second-order valence-corrected chi connectivity index (χ2v) is 2.46. The molecule has 0 amide bonds. The molecule has 0 aliphatic rings. The van der Waals surface area contributed by atoms with E-state index in [0.29, 0.717) is 12.3 Å². The number of halogens is 4. The van der Waals surface area contributed by atoms with E-state index in [2.05, 4.69) is 0 Å². The van der Waals surface area contributed by atoms with E-state index in [1.165, 1.54) is 0 Å². The molecule has 0 aromatic carbocycles. The van der Waals surface area contributed by atoms with Crippen LogP contribution in [0.1, 0.15) is 5.56 Å². The Morgan fingerprint density at radius 2 is 2.00 bits per heavy atom. The maximum absolute atomic E-state index is 12.0. The molecule has 0 fully saturated rings. The summed E-state index contributed by atoms with van der Waals surface area (Å²) in [5, 5.41) is -0.591. The summed E-state index contributed by atoms with van der Waals surface area (Å²) in [4.78, 5) is 12.3. The van der Waals surface area contributed by atoms with Crippen LogP contribution in [0.2, 0.25) is 5.02 Å².